The normalized spacial score (nSPS) is 10.6. The van der Waals surface area contributed by atoms with Crippen molar-refractivity contribution in [1.82, 2.24) is 0 Å². The van der Waals surface area contributed by atoms with Crippen molar-refractivity contribution in [1.29, 1.82) is 0 Å². The van der Waals surface area contributed by atoms with E-state index in [1.807, 2.05) is 18.2 Å². The van der Waals surface area contributed by atoms with E-state index in [2.05, 4.69) is 22.8 Å². The Hall–Kier alpha value is -2.53. The number of benzene rings is 2. The molecule has 0 radical (unpaired) electrons. The third-order valence-electron chi connectivity index (χ3n) is 3.10. The molecule has 3 aromatic rings. The van der Waals surface area contributed by atoms with Gasteiger partial charge >= 0.3 is 0 Å². The topological polar surface area (TPSA) is 81.1 Å². The molecule has 1 heterocycles. The first kappa shape index (κ1) is 12.5. The molecule has 0 aliphatic rings. The summed E-state index contributed by atoms with van der Waals surface area (Å²) in [5.74, 6) is -0.528. The number of carbonyl (C=O) groups is 1. The van der Waals surface area contributed by atoms with E-state index in [1.165, 1.54) is 10.1 Å². The molecule has 0 saturated carbocycles. The molecule has 3 rings (SSSR count). The van der Waals surface area contributed by atoms with Crippen molar-refractivity contribution >= 4 is 44.4 Å². The smallest absolute Gasteiger partial charge is 0.250 e. The average molecular weight is 283 g/mol. The summed E-state index contributed by atoms with van der Waals surface area (Å²) in [6, 6.07) is 13.3. The predicted molar refractivity (Wildman–Crippen MR) is 84.5 cm³/mol. The van der Waals surface area contributed by atoms with Gasteiger partial charge in [0.15, 0.2) is 0 Å². The summed E-state index contributed by atoms with van der Waals surface area (Å²) >= 11 is 1.70. The summed E-state index contributed by atoms with van der Waals surface area (Å²) in [6.07, 6.45) is 0. The van der Waals surface area contributed by atoms with Crippen LogP contribution in [0, 0.1) is 0 Å². The number of nitrogen functional groups attached to an aromatic ring is 1. The van der Waals surface area contributed by atoms with Crippen molar-refractivity contribution in [3.8, 4) is 0 Å². The summed E-state index contributed by atoms with van der Waals surface area (Å²) in [4.78, 5) is 11.3. The van der Waals surface area contributed by atoms with E-state index in [0.29, 0.717) is 16.9 Å². The first-order valence-corrected chi connectivity index (χ1v) is 6.96. The van der Waals surface area contributed by atoms with Crippen molar-refractivity contribution in [3.05, 3.63) is 53.4 Å². The predicted octanol–water partition coefficient (Wildman–Crippen LogP) is 3.33. The summed E-state index contributed by atoms with van der Waals surface area (Å²) in [5, 5.41) is 6.44. The van der Waals surface area contributed by atoms with Crippen molar-refractivity contribution in [2.75, 3.05) is 11.1 Å². The third kappa shape index (κ3) is 2.19. The van der Waals surface area contributed by atoms with Crippen LogP contribution in [0.5, 0.6) is 0 Å². The van der Waals surface area contributed by atoms with Gasteiger partial charge in [-0.25, -0.2) is 0 Å². The van der Waals surface area contributed by atoms with Gasteiger partial charge < -0.3 is 16.8 Å². The molecule has 20 heavy (non-hydrogen) atoms. The minimum Gasteiger partial charge on any atom is -0.396 e. The van der Waals surface area contributed by atoms with Crippen molar-refractivity contribution in [2.45, 2.75) is 0 Å². The Bertz CT molecular complexity index is 795. The second-order valence-corrected chi connectivity index (χ2v) is 5.38. The average Bonchev–Trinajstić information content (AvgIpc) is 2.88. The summed E-state index contributed by atoms with van der Waals surface area (Å²) < 4.78 is 1.23. The highest BCUT2D eigenvalue weighted by molar-refractivity contribution is 7.17. The van der Waals surface area contributed by atoms with Crippen LogP contribution in [0.15, 0.2) is 47.8 Å². The fraction of sp³-hybridized carbons (Fsp3) is 0. The van der Waals surface area contributed by atoms with Crippen molar-refractivity contribution < 1.29 is 4.79 Å². The first-order valence-electron chi connectivity index (χ1n) is 6.08. The minimum atomic E-state index is -0.528. The maximum atomic E-state index is 11.3. The Kier molecular flexibility index (Phi) is 3.04. The van der Waals surface area contributed by atoms with E-state index in [9.17, 15) is 4.79 Å². The number of para-hydroxylation sites is 1. The number of fused-ring (bicyclic) bond motifs is 1. The zero-order valence-electron chi connectivity index (χ0n) is 10.6. The fourth-order valence-electron chi connectivity index (χ4n) is 2.09. The Morgan fingerprint density at radius 1 is 1.15 bits per heavy atom. The molecule has 1 aromatic heterocycles. The second-order valence-electron chi connectivity index (χ2n) is 4.43. The van der Waals surface area contributed by atoms with Gasteiger partial charge in [-0.15, -0.1) is 11.3 Å². The number of hydrogen-bond donors (Lipinski definition) is 3. The molecule has 0 aliphatic heterocycles. The van der Waals surface area contributed by atoms with Gasteiger partial charge in [0.1, 0.15) is 0 Å². The molecule has 4 nitrogen and oxygen atoms in total. The number of nitrogens with one attached hydrogen (secondary N) is 1. The Morgan fingerprint density at radius 3 is 2.80 bits per heavy atom. The van der Waals surface area contributed by atoms with Gasteiger partial charge in [0.2, 0.25) is 0 Å². The van der Waals surface area contributed by atoms with E-state index < -0.39 is 5.91 Å². The highest BCUT2D eigenvalue weighted by Gasteiger charge is 2.09. The SMILES string of the molecule is NC(=O)c1cccc(Nc2ccc3sccc3c2)c1N. The molecule has 5 heteroatoms. The van der Waals surface area contributed by atoms with E-state index in [1.54, 1.807) is 23.5 Å². The standard InChI is InChI=1S/C15H13N3OS/c16-14-11(15(17)19)2-1-3-12(14)18-10-4-5-13-9(8-10)6-7-20-13/h1-8,18H,16H2,(H2,17,19). The number of thiophene rings is 1. The molecule has 1 amide bonds. The van der Waals surface area contributed by atoms with Gasteiger partial charge in [-0.1, -0.05) is 6.07 Å². The lowest BCUT2D eigenvalue weighted by Gasteiger charge is -2.11. The second kappa shape index (κ2) is 4.86. The summed E-state index contributed by atoms with van der Waals surface area (Å²) in [6.45, 7) is 0. The van der Waals surface area contributed by atoms with Gasteiger partial charge in [0.05, 0.1) is 16.9 Å². The molecule has 0 spiro atoms. The molecule has 0 aliphatic carbocycles. The molecule has 0 unspecified atom stereocenters. The third-order valence-corrected chi connectivity index (χ3v) is 4.00. The number of hydrogen-bond acceptors (Lipinski definition) is 4. The van der Waals surface area contributed by atoms with Crippen LogP contribution < -0.4 is 16.8 Å². The van der Waals surface area contributed by atoms with Gasteiger partial charge in [-0.2, -0.15) is 0 Å². The Balaban J connectivity index is 1.98. The van der Waals surface area contributed by atoms with Crippen molar-refractivity contribution in [2.24, 2.45) is 5.73 Å². The molecule has 0 atom stereocenters. The summed E-state index contributed by atoms with van der Waals surface area (Å²) in [7, 11) is 0. The number of carbonyl (C=O) groups excluding carboxylic acids is 1. The van der Waals surface area contributed by atoms with Gasteiger partial charge in [-0.3, -0.25) is 4.79 Å². The maximum absolute atomic E-state index is 11.3. The summed E-state index contributed by atoms with van der Waals surface area (Å²) in [5.41, 5.74) is 13.5. The largest absolute Gasteiger partial charge is 0.396 e. The van der Waals surface area contributed by atoms with Crippen LogP contribution in [0.4, 0.5) is 17.1 Å². The molecule has 0 saturated heterocycles. The molecule has 2 aromatic carbocycles. The van der Waals surface area contributed by atoms with Gasteiger partial charge in [-0.05, 0) is 47.2 Å². The molecule has 5 N–H and O–H groups in total. The van der Waals surface area contributed by atoms with Crippen LogP contribution in [-0.4, -0.2) is 5.91 Å². The number of rotatable bonds is 3. The zero-order valence-corrected chi connectivity index (χ0v) is 11.4. The lowest BCUT2D eigenvalue weighted by Crippen LogP contribution is -2.14. The Morgan fingerprint density at radius 2 is 2.00 bits per heavy atom. The van der Waals surface area contributed by atoms with E-state index in [-0.39, 0.29) is 0 Å². The number of nitrogens with two attached hydrogens (primary N) is 2. The molecule has 0 fully saturated rings. The van der Waals surface area contributed by atoms with Crippen LogP contribution in [-0.2, 0) is 0 Å². The monoisotopic (exact) mass is 283 g/mol. The fourth-order valence-corrected chi connectivity index (χ4v) is 2.86. The van der Waals surface area contributed by atoms with Crippen LogP contribution in [0.1, 0.15) is 10.4 Å². The highest BCUT2D eigenvalue weighted by Crippen LogP contribution is 2.29. The van der Waals surface area contributed by atoms with Crippen LogP contribution >= 0.6 is 11.3 Å². The number of anilines is 3. The molecule has 100 valence electrons. The highest BCUT2D eigenvalue weighted by atomic mass is 32.1. The van der Waals surface area contributed by atoms with Gasteiger partial charge in [0.25, 0.3) is 5.91 Å². The molecular formula is C15H13N3OS. The number of amides is 1. The van der Waals surface area contributed by atoms with Crippen molar-refractivity contribution in [3.63, 3.8) is 0 Å². The van der Waals surface area contributed by atoms with Crippen LogP contribution in [0.2, 0.25) is 0 Å². The quantitative estimate of drug-likeness (QED) is 0.645. The maximum Gasteiger partial charge on any atom is 0.250 e. The first-order chi connectivity index (χ1) is 9.65. The van der Waals surface area contributed by atoms with E-state index in [0.717, 1.165) is 5.69 Å². The van der Waals surface area contributed by atoms with Gasteiger partial charge in [0, 0.05) is 10.4 Å². The Labute approximate surface area is 120 Å². The van der Waals surface area contributed by atoms with E-state index >= 15 is 0 Å². The lowest BCUT2D eigenvalue weighted by atomic mass is 10.1. The zero-order chi connectivity index (χ0) is 14.1. The minimum absolute atomic E-state index is 0.326. The molecular weight excluding hydrogens is 270 g/mol. The van der Waals surface area contributed by atoms with E-state index in [4.69, 9.17) is 11.5 Å². The number of primary amides is 1. The molecule has 0 bridgehead atoms. The van der Waals surface area contributed by atoms with Crippen LogP contribution in [0.25, 0.3) is 10.1 Å². The van der Waals surface area contributed by atoms with Crippen LogP contribution in [0.3, 0.4) is 0 Å². The lowest BCUT2D eigenvalue weighted by molar-refractivity contribution is 0.100.